The van der Waals surface area contributed by atoms with Gasteiger partial charge in [0.25, 0.3) is 0 Å². The smallest absolute Gasteiger partial charge is 0.238 e. The molecule has 0 aliphatic heterocycles. The van der Waals surface area contributed by atoms with E-state index in [1.165, 1.54) is 12.1 Å². The predicted molar refractivity (Wildman–Crippen MR) is 154 cm³/mol. The quantitative estimate of drug-likeness (QED) is 0.278. The average Bonchev–Trinajstić information content (AvgIpc) is 2.79. The third kappa shape index (κ3) is 12.5. The number of halogens is 7. The van der Waals surface area contributed by atoms with E-state index in [0.29, 0.717) is 53.1 Å². The number of amides is 1. The van der Waals surface area contributed by atoms with Crippen LogP contribution < -0.4 is 17.2 Å². The highest BCUT2D eigenvalue weighted by molar-refractivity contribution is 6.36. The molecule has 2 atom stereocenters. The highest BCUT2D eigenvalue weighted by Gasteiger charge is 2.15. The maximum atomic E-state index is 10.7. The molecule has 0 spiro atoms. The zero-order valence-electron chi connectivity index (χ0n) is 18.6. The largest absolute Gasteiger partial charge is 0.412 e. The Morgan fingerprint density at radius 3 is 1.54 bits per heavy atom. The summed E-state index contributed by atoms with van der Waals surface area (Å²) in [7, 11) is 0. The lowest BCUT2D eigenvalue weighted by Crippen LogP contribution is -2.28. The monoisotopic (exact) mass is 646 g/mol. The zero-order chi connectivity index (χ0) is 26.7. The summed E-state index contributed by atoms with van der Waals surface area (Å²) in [6.45, 7) is 0. The van der Waals surface area contributed by atoms with Crippen molar-refractivity contribution in [1.82, 2.24) is 0 Å². The fraction of sp³-hybridized carbons (Fsp3) is 0.0870. The molecule has 0 saturated carbocycles. The number of nitrogens with two attached hydrogens (primary N) is 3. The summed E-state index contributed by atoms with van der Waals surface area (Å²) in [4.78, 5) is 21.0. The van der Waals surface area contributed by atoms with Crippen LogP contribution in [0.15, 0.2) is 54.6 Å². The van der Waals surface area contributed by atoms with Gasteiger partial charge in [0.2, 0.25) is 5.91 Å². The van der Waals surface area contributed by atoms with Gasteiger partial charge in [-0.2, -0.15) is 5.26 Å². The summed E-state index contributed by atoms with van der Waals surface area (Å²) >= 11 is 34.1. The Morgan fingerprint density at radius 2 is 1.19 bits per heavy atom. The second-order valence-electron chi connectivity index (χ2n) is 6.60. The standard InChI is InChI=1S/C8H8Cl2N2O.C8H6Cl2N2.C7H4Cl2O.ClH.H2O/c9-4-1-2-5(6(10)3-4)7(11)8(12)13;9-5-1-2-6(7(10)3-5)8(12)4-11;8-6-2-1-5(4-10)7(9)3-6;;/h1-3,7H,11H2,(H2,12,13);1-3,8H,12H2;1-4H;1H;1H2. The molecular weight excluding hydrogens is 628 g/mol. The molecule has 3 rings (SSSR count). The number of rotatable bonds is 4. The number of aldehydes is 1. The lowest BCUT2D eigenvalue weighted by Gasteiger charge is -2.09. The third-order valence-corrected chi connectivity index (χ3v) is 5.82. The van der Waals surface area contributed by atoms with Crippen molar-refractivity contribution < 1.29 is 15.1 Å². The minimum absolute atomic E-state index is 0. The summed E-state index contributed by atoms with van der Waals surface area (Å²) in [6.07, 6.45) is 0.693. The highest BCUT2D eigenvalue weighted by Crippen LogP contribution is 2.25. The predicted octanol–water partition coefficient (Wildman–Crippen LogP) is 6.40. The van der Waals surface area contributed by atoms with Gasteiger partial charge in [-0.25, -0.2) is 0 Å². The normalized spacial score (nSPS) is 10.9. The van der Waals surface area contributed by atoms with Crippen molar-refractivity contribution in [1.29, 1.82) is 5.26 Å². The molecule has 8 N–H and O–H groups in total. The fourth-order valence-electron chi connectivity index (χ4n) is 2.33. The minimum Gasteiger partial charge on any atom is -0.412 e. The van der Waals surface area contributed by atoms with Crippen LogP contribution in [0.2, 0.25) is 30.1 Å². The molecule has 7 nitrogen and oxygen atoms in total. The molecule has 0 aromatic heterocycles. The van der Waals surface area contributed by atoms with E-state index in [1.54, 1.807) is 42.5 Å². The second-order valence-corrected chi connectivity index (χ2v) is 9.13. The molecule has 0 fully saturated rings. The van der Waals surface area contributed by atoms with Crippen LogP contribution in [0.1, 0.15) is 33.6 Å². The van der Waals surface area contributed by atoms with Gasteiger partial charge in [-0.1, -0.05) is 81.7 Å². The van der Waals surface area contributed by atoms with E-state index in [-0.39, 0.29) is 17.9 Å². The molecule has 0 bridgehead atoms. The number of nitrogens with zero attached hydrogens (tertiary/aromatic N) is 1. The van der Waals surface area contributed by atoms with E-state index in [9.17, 15) is 9.59 Å². The summed E-state index contributed by atoms with van der Waals surface area (Å²) in [5.41, 5.74) is 17.5. The molecule has 1 amide bonds. The molecule has 37 heavy (non-hydrogen) atoms. The molecule has 2 unspecified atom stereocenters. The second kappa shape index (κ2) is 18.5. The van der Waals surface area contributed by atoms with Crippen molar-refractivity contribution >= 4 is 94.2 Å². The van der Waals surface area contributed by atoms with Crippen LogP contribution >= 0.6 is 82.0 Å². The van der Waals surface area contributed by atoms with Gasteiger partial charge in [0, 0.05) is 36.2 Å². The van der Waals surface area contributed by atoms with Gasteiger partial charge in [0.15, 0.2) is 6.29 Å². The molecule has 0 aliphatic carbocycles. The zero-order valence-corrected chi connectivity index (χ0v) is 24.0. The van der Waals surface area contributed by atoms with Crippen LogP contribution in [0.3, 0.4) is 0 Å². The van der Waals surface area contributed by atoms with Crippen LogP contribution in [0, 0.1) is 11.3 Å². The van der Waals surface area contributed by atoms with Crippen LogP contribution in [0.25, 0.3) is 0 Å². The van der Waals surface area contributed by atoms with Crippen molar-refractivity contribution in [3.63, 3.8) is 0 Å². The van der Waals surface area contributed by atoms with Crippen LogP contribution in [-0.2, 0) is 4.79 Å². The first-order chi connectivity index (χ1) is 16.4. The first kappa shape index (κ1) is 37.4. The van der Waals surface area contributed by atoms with Gasteiger partial charge in [-0.05, 0) is 48.0 Å². The van der Waals surface area contributed by atoms with Gasteiger partial charge in [-0.15, -0.1) is 12.4 Å². The molecule has 0 radical (unpaired) electrons. The van der Waals surface area contributed by atoms with Crippen molar-refractivity contribution in [2.45, 2.75) is 12.1 Å². The summed E-state index contributed by atoms with van der Waals surface area (Å²) < 4.78 is 0. The number of carbonyl (C=O) groups excluding carboxylic acids is 2. The number of benzene rings is 3. The van der Waals surface area contributed by atoms with Crippen molar-refractivity contribution in [2.24, 2.45) is 17.2 Å². The summed E-state index contributed by atoms with van der Waals surface area (Å²) in [5.74, 6) is -0.621. The van der Waals surface area contributed by atoms with E-state index in [0.717, 1.165) is 0 Å². The van der Waals surface area contributed by atoms with Crippen molar-refractivity contribution in [3.8, 4) is 6.07 Å². The molecule has 3 aromatic rings. The van der Waals surface area contributed by atoms with Gasteiger partial charge >= 0.3 is 0 Å². The maximum Gasteiger partial charge on any atom is 0.238 e. The fourth-order valence-corrected chi connectivity index (χ4v) is 3.83. The number of primary amides is 1. The van der Waals surface area contributed by atoms with Crippen molar-refractivity contribution in [3.05, 3.63) is 101 Å². The molecule has 0 heterocycles. The Kier molecular flexibility index (Phi) is 18.6. The van der Waals surface area contributed by atoms with Crippen LogP contribution in [0.5, 0.6) is 0 Å². The first-order valence-electron chi connectivity index (χ1n) is 9.41. The molecule has 14 heteroatoms. The Morgan fingerprint density at radius 1 is 0.784 bits per heavy atom. The first-order valence-corrected chi connectivity index (χ1v) is 11.7. The lowest BCUT2D eigenvalue weighted by atomic mass is 10.1. The van der Waals surface area contributed by atoms with E-state index in [4.69, 9.17) is 92.1 Å². The maximum absolute atomic E-state index is 10.7. The van der Waals surface area contributed by atoms with E-state index in [2.05, 4.69) is 0 Å². The average molecular weight is 650 g/mol. The Balaban J connectivity index is 0. The highest BCUT2D eigenvalue weighted by atomic mass is 35.5. The number of carbonyl (C=O) groups is 2. The Bertz CT molecular complexity index is 1240. The van der Waals surface area contributed by atoms with Gasteiger partial charge in [-0.3, -0.25) is 9.59 Å². The van der Waals surface area contributed by atoms with Gasteiger partial charge in [0.1, 0.15) is 12.1 Å². The van der Waals surface area contributed by atoms with E-state index in [1.807, 2.05) is 6.07 Å². The van der Waals surface area contributed by atoms with Gasteiger partial charge < -0.3 is 22.7 Å². The molecule has 0 aliphatic rings. The Hall–Kier alpha value is -1.80. The van der Waals surface area contributed by atoms with Crippen molar-refractivity contribution in [2.75, 3.05) is 0 Å². The summed E-state index contributed by atoms with van der Waals surface area (Å²) in [5, 5.41) is 11.2. The van der Waals surface area contributed by atoms with E-state index < -0.39 is 18.0 Å². The minimum atomic E-state index is -0.884. The summed E-state index contributed by atoms with van der Waals surface area (Å²) in [6, 6.07) is 14.6. The number of nitriles is 1. The van der Waals surface area contributed by atoms with E-state index >= 15 is 0 Å². The molecule has 3 aromatic carbocycles. The topological polar surface area (TPSA) is 167 Å². The molecule has 200 valence electrons. The molecule has 0 saturated heterocycles. The third-order valence-electron chi connectivity index (χ3n) is 4.13. The van der Waals surface area contributed by atoms with Gasteiger partial charge in [0.05, 0.1) is 11.1 Å². The number of hydrogen-bond donors (Lipinski definition) is 3. The lowest BCUT2D eigenvalue weighted by molar-refractivity contribution is -0.119. The Labute approximate surface area is 250 Å². The molecular formula is C23H21Cl7N4O3. The van der Waals surface area contributed by atoms with Crippen LogP contribution in [-0.4, -0.2) is 17.7 Å². The van der Waals surface area contributed by atoms with Crippen LogP contribution in [0.4, 0.5) is 0 Å². The SMILES string of the molecule is Cl.N#CC(N)c1ccc(Cl)cc1Cl.NC(=O)C(N)c1ccc(Cl)cc1Cl.O.O=Cc1ccc(Cl)cc1Cl. The number of hydrogen-bond acceptors (Lipinski definition) is 5.